The third kappa shape index (κ3) is 4.49. The van der Waals surface area contributed by atoms with Gasteiger partial charge in [0.25, 0.3) is 0 Å². The summed E-state index contributed by atoms with van der Waals surface area (Å²) < 4.78 is 0.758. The number of hydrogen-bond acceptors (Lipinski definition) is 1. The number of halogens is 1. The maximum Gasteiger partial charge on any atom is 0.317 e. The number of rotatable bonds is 4. The first-order chi connectivity index (χ1) is 7.59. The quantitative estimate of drug-likeness (QED) is 0.905. The Morgan fingerprint density at radius 3 is 2.62 bits per heavy atom. The van der Waals surface area contributed by atoms with E-state index in [1.54, 1.807) is 11.9 Å². The summed E-state index contributed by atoms with van der Waals surface area (Å²) in [6, 6.07) is 9.76. The number of benzene rings is 1. The molecule has 1 rings (SSSR count). The first-order valence-electron chi connectivity index (χ1n) is 4.96. The van der Waals surface area contributed by atoms with E-state index in [1.165, 1.54) is 0 Å². The van der Waals surface area contributed by atoms with E-state index in [1.807, 2.05) is 30.3 Å². The Morgan fingerprint density at radius 1 is 1.44 bits per heavy atom. The number of nitrogens with zero attached hydrogens (tertiary/aromatic N) is 1. The van der Waals surface area contributed by atoms with E-state index in [0.29, 0.717) is 13.1 Å². The van der Waals surface area contributed by atoms with Crippen molar-refractivity contribution in [3.8, 4) is 0 Å². The average molecular weight is 283 g/mol. The van der Waals surface area contributed by atoms with Crippen molar-refractivity contribution in [3.05, 3.63) is 47.0 Å². The van der Waals surface area contributed by atoms with Gasteiger partial charge in [0.1, 0.15) is 0 Å². The van der Waals surface area contributed by atoms with Crippen LogP contribution in [0.1, 0.15) is 5.56 Å². The van der Waals surface area contributed by atoms with E-state index in [4.69, 9.17) is 0 Å². The van der Waals surface area contributed by atoms with E-state index in [2.05, 4.69) is 27.8 Å². The number of amides is 2. The summed E-state index contributed by atoms with van der Waals surface area (Å²) in [5.74, 6) is 0. The van der Waals surface area contributed by atoms with Crippen LogP contribution in [0.15, 0.2) is 41.4 Å². The lowest BCUT2D eigenvalue weighted by Crippen LogP contribution is -2.37. The van der Waals surface area contributed by atoms with Crippen molar-refractivity contribution >= 4 is 22.0 Å². The number of urea groups is 1. The van der Waals surface area contributed by atoms with Crippen LogP contribution in [0.5, 0.6) is 0 Å². The van der Waals surface area contributed by atoms with Crippen molar-refractivity contribution in [1.29, 1.82) is 0 Å². The summed E-state index contributed by atoms with van der Waals surface area (Å²) >= 11 is 3.19. The normalized spacial score (nSPS) is 9.62. The van der Waals surface area contributed by atoms with Crippen LogP contribution >= 0.6 is 15.9 Å². The minimum Gasteiger partial charge on any atom is -0.333 e. The molecule has 0 saturated heterocycles. The monoisotopic (exact) mass is 282 g/mol. The van der Waals surface area contributed by atoms with Crippen LogP contribution in [0.4, 0.5) is 4.79 Å². The lowest BCUT2D eigenvalue weighted by molar-refractivity contribution is 0.208. The number of hydrogen-bond donors (Lipinski definition) is 1. The van der Waals surface area contributed by atoms with Crippen LogP contribution in [0, 0.1) is 0 Å². The summed E-state index contributed by atoms with van der Waals surface area (Å²) in [6.45, 7) is 4.69. The summed E-state index contributed by atoms with van der Waals surface area (Å²) in [6.07, 6.45) is 0. The number of carbonyl (C=O) groups excluding carboxylic acids is 1. The third-order valence-corrected chi connectivity index (χ3v) is 2.32. The lowest BCUT2D eigenvalue weighted by Gasteiger charge is -2.17. The van der Waals surface area contributed by atoms with Gasteiger partial charge in [-0.1, -0.05) is 52.8 Å². The van der Waals surface area contributed by atoms with Crippen LogP contribution < -0.4 is 5.32 Å². The van der Waals surface area contributed by atoms with Gasteiger partial charge in [0.15, 0.2) is 0 Å². The molecule has 1 N–H and O–H groups in total. The van der Waals surface area contributed by atoms with Gasteiger partial charge in [0.05, 0.1) is 6.54 Å². The second-order valence-electron chi connectivity index (χ2n) is 3.52. The maximum atomic E-state index is 11.6. The molecule has 0 spiro atoms. The molecule has 0 bridgehead atoms. The molecule has 0 saturated carbocycles. The molecule has 86 valence electrons. The summed E-state index contributed by atoms with van der Waals surface area (Å²) in [4.78, 5) is 13.2. The second-order valence-corrected chi connectivity index (χ2v) is 4.64. The Balaban J connectivity index is 2.43. The second kappa shape index (κ2) is 6.33. The molecular formula is C12H15BrN2O. The van der Waals surface area contributed by atoms with Crippen molar-refractivity contribution in [3.63, 3.8) is 0 Å². The largest absolute Gasteiger partial charge is 0.333 e. The molecule has 1 aromatic rings. The molecule has 0 atom stereocenters. The van der Waals surface area contributed by atoms with Gasteiger partial charge in [-0.25, -0.2) is 4.79 Å². The van der Waals surface area contributed by atoms with E-state index in [-0.39, 0.29) is 6.03 Å². The first-order valence-corrected chi connectivity index (χ1v) is 5.75. The highest BCUT2D eigenvalue weighted by Gasteiger charge is 2.07. The molecule has 3 nitrogen and oxygen atoms in total. The SMILES string of the molecule is C=C(Br)CNC(=O)N(C)Cc1ccccc1. The molecular weight excluding hydrogens is 268 g/mol. The van der Waals surface area contributed by atoms with Gasteiger partial charge in [-0.15, -0.1) is 0 Å². The van der Waals surface area contributed by atoms with E-state index < -0.39 is 0 Å². The lowest BCUT2D eigenvalue weighted by atomic mass is 10.2. The van der Waals surface area contributed by atoms with E-state index in [0.717, 1.165) is 10.0 Å². The predicted molar refractivity (Wildman–Crippen MR) is 69.4 cm³/mol. The highest BCUT2D eigenvalue weighted by Crippen LogP contribution is 2.03. The van der Waals surface area contributed by atoms with Crippen molar-refractivity contribution in [1.82, 2.24) is 10.2 Å². The smallest absolute Gasteiger partial charge is 0.317 e. The van der Waals surface area contributed by atoms with Gasteiger partial charge < -0.3 is 10.2 Å². The Morgan fingerprint density at radius 2 is 2.06 bits per heavy atom. The molecule has 4 heteroatoms. The third-order valence-electron chi connectivity index (χ3n) is 2.04. The van der Waals surface area contributed by atoms with Crippen molar-refractivity contribution in [2.45, 2.75) is 6.54 Å². The van der Waals surface area contributed by atoms with Crippen LogP contribution in [0.3, 0.4) is 0 Å². The van der Waals surface area contributed by atoms with Crippen LogP contribution in [0.2, 0.25) is 0 Å². The van der Waals surface area contributed by atoms with Gasteiger partial charge in [-0.3, -0.25) is 0 Å². The molecule has 0 aromatic heterocycles. The molecule has 0 aliphatic heterocycles. The topological polar surface area (TPSA) is 32.3 Å². The summed E-state index contributed by atoms with van der Waals surface area (Å²) in [5.41, 5.74) is 1.11. The van der Waals surface area contributed by atoms with Gasteiger partial charge in [0.2, 0.25) is 0 Å². The molecule has 0 heterocycles. The van der Waals surface area contributed by atoms with Crippen LogP contribution in [0.25, 0.3) is 0 Å². The highest BCUT2D eigenvalue weighted by molar-refractivity contribution is 9.11. The van der Waals surface area contributed by atoms with Crippen LogP contribution in [-0.2, 0) is 6.54 Å². The fraction of sp³-hybridized carbons (Fsp3) is 0.250. The minimum atomic E-state index is -0.107. The zero-order chi connectivity index (χ0) is 12.0. The minimum absolute atomic E-state index is 0.107. The molecule has 0 aliphatic carbocycles. The van der Waals surface area contributed by atoms with Gasteiger partial charge in [-0.2, -0.15) is 0 Å². The van der Waals surface area contributed by atoms with Gasteiger partial charge >= 0.3 is 6.03 Å². The number of nitrogens with one attached hydrogen (secondary N) is 1. The number of carbonyl (C=O) groups is 1. The van der Waals surface area contributed by atoms with Crippen molar-refractivity contribution in [2.75, 3.05) is 13.6 Å². The van der Waals surface area contributed by atoms with E-state index >= 15 is 0 Å². The molecule has 1 aromatic carbocycles. The molecule has 16 heavy (non-hydrogen) atoms. The average Bonchev–Trinajstić information content (AvgIpc) is 2.27. The molecule has 0 fully saturated rings. The van der Waals surface area contributed by atoms with Gasteiger partial charge in [0, 0.05) is 18.1 Å². The molecule has 2 amide bonds. The first kappa shape index (κ1) is 12.8. The predicted octanol–water partition coefficient (Wildman–Crippen LogP) is 2.74. The zero-order valence-electron chi connectivity index (χ0n) is 9.24. The maximum absolute atomic E-state index is 11.6. The fourth-order valence-electron chi connectivity index (χ4n) is 1.24. The van der Waals surface area contributed by atoms with Gasteiger partial charge in [-0.05, 0) is 5.56 Å². The van der Waals surface area contributed by atoms with Crippen LogP contribution in [-0.4, -0.2) is 24.5 Å². The molecule has 0 aliphatic rings. The standard InChI is InChI=1S/C12H15BrN2O/c1-10(13)8-14-12(16)15(2)9-11-6-4-3-5-7-11/h3-7H,1,8-9H2,2H3,(H,14,16). The van der Waals surface area contributed by atoms with Crippen molar-refractivity contribution < 1.29 is 4.79 Å². The van der Waals surface area contributed by atoms with Crippen molar-refractivity contribution in [2.24, 2.45) is 0 Å². The Hall–Kier alpha value is -1.29. The zero-order valence-corrected chi connectivity index (χ0v) is 10.8. The molecule has 0 unspecified atom stereocenters. The van der Waals surface area contributed by atoms with E-state index in [9.17, 15) is 4.79 Å². The Kier molecular flexibility index (Phi) is 5.05. The Bertz CT molecular complexity index is 365. The molecule has 0 radical (unpaired) electrons. The Labute approximate surface area is 104 Å². The summed E-state index contributed by atoms with van der Waals surface area (Å²) in [5, 5.41) is 2.74. The highest BCUT2D eigenvalue weighted by atomic mass is 79.9. The summed E-state index contributed by atoms with van der Waals surface area (Å²) in [7, 11) is 1.76. The fourth-order valence-corrected chi connectivity index (χ4v) is 1.38.